The van der Waals surface area contributed by atoms with Crippen molar-refractivity contribution in [1.29, 1.82) is 0 Å². The van der Waals surface area contributed by atoms with Gasteiger partial charge in [-0.05, 0) is 25.5 Å². The number of pyridine rings is 1. The SMILES string of the molecule is Cc1ncn(CC(=O)NC[C@H](c2cccnc2)N2CCOCC2)c1C. The van der Waals surface area contributed by atoms with Gasteiger partial charge in [-0.15, -0.1) is 0 Å². The lowest BCUT2D eigenvalue weighted by atomic mass is 10.1. The van der Waals surface area contributed by atoms with Gasteiger partial charge in [0.05, 0.1) is 31.3 Å². The molecule has 1 fully saturated rings. The van der Waals surface area contributed by atoms with Crippen molar-refractivity contribution in [3.8, 4) is 0 Å². The second-order valence-electron chi connectivity index (χ2n) is 6.30. The minimum Gasteiger partial charge on any atom is -0.379 e. The van der Waals surface area contributed by atoms with E-state index < -0.39 is 0 Å². The van der Waals surface area contributed by atoms with Gasteiger partial charge in [-0.2, -0.15) is 0 Å². The van der Waals surface area contributed by atoms with Crippen LogP contribution in [0.5, 0.6) is 0 Å². The summed E-state index contributed by atoms with van der Waals surface area (Å²) in [5, 5.41) is 3.07. The van der Waals surface area contributed by atoms with Crippen LogP contribution >= 0.6 is 0 Å². The minimum absolute atomic E-state index is 0.0114. The van der Waals surface area contributed by atoms with Crippen LogP contribution in [0, 0.1) is 13.8 Å². The first-order valence-electron chi connectivity index (χ1n) is 8.62. The molecule has 1 aliphatic heterocycles. The highest BCUT2D eigenvalue weighted by molar-refractivity contribution is 5.75. The summed E-state index contributed by atoms with van der Waals surface area (Å²) in [5.41, 5.74) is 3.08. The molecule has 1 saturated heterocycles. The normalized spacial score (nSPS) is 16.6. The van der Waals surface area contributed by atoms with Gasteiger partial charge in [0.2, 0.25) is 5.91 Å². The van der Waals surface area contributed by atoms with Crippen LogP contribution in [0.25, 0.3) is 0 Å². The first kappa shape index (κ1) is 17.6. The fourth-order valence-electron chi connectivity index (χ4n) is 3.04. The number of carbonyl (C=O) groups excluding carboxylic acids is 1. The van der Waals surface area contributed by atoms with E-state index in [4.69, 9.17) is 4.74 Å². The summed E-state index contributed by atoms with van der Waals surface area (Å²) in [6.07, 6.45) is 5.35. The predicted molar refractivity (Wildman–Crippen MR) is 94.1 cm³/mol. The minimum atomic E-state index is -0.0114. The fourth-order valence-corrected chi connectivity index (χ4v) is 3.04. The standard InChI is InChI=1S/C18H25N5O2/c1-14-15(2)23(13-21-14)12-18(24)20-11-17(16-4-3-5-19-10-16)22-6-8-25-9-7-22/h3-5,10,13,17H,6-9,11-12H2,1-2H3,(H,20,24)/t17-/m1/s1. The second kappa shape index (κ2) is 8.22. The Morgan fingerprint density at radius 1 is 1.36 bits per heavy atom. The Bertz CT molecular complexity index is 695. The molecule has 3 heterocycles. The maximum atomic E-state index is 12.4. The largest absolute Gasteiger partial charge is 0.379 e. The van der Waals surface area contributed by atoms with Gasteiger partial charge in [-0.1, -0.05) is 6.07 Å². The Morgan fingerprint density at radius 2 is 2.16 bits per heavy atom. The van der Waals surface area contributed by atoms with Gasteiger partial charge in [-0.25, -0.2) is 4.98 Å². The van der Waals surface area contributed by atoms with Crippen molar-refractivity contribution in [3.63, 3.8) is 0 Å². The molecule has 3 rings (SSSR count). The molecule has 0 aromatic carbocycles. The zero-order valence-corrected chi connectivity index (χ0v) is 14.8. The zero-order chi connectivity index (χ0) is 17.6. The Morgan fingerprint density at radius 3 is 2.80 bits per heavy atom. The molecule has 0 aliphatic carbocycles. The topological polar surface area (TPSA) is 72.3 Å². The summed E-state index contributed by atoms with van der Waals surface area (Å²) in [6.45, 7) is 7.91. The van der Waals surface area contributed by atoms with Crippen LogP contribution in [0.1, 0.15) is 23.0 Å². The van der Waals surface area contributed by atoms with E-state index in [1.807, 2.05) is 30.7 Å². The van der Waals surface area contributed by atoms with Crippen molar-refractivity contribution >= 4 is 5.91 Å². The number of nitrogens with zero attached hydrogens (tertiary/aromatic N) is 4. The van der Waals surface area contributed by atoms with Crippen LogP contribution < -0.4 is 5.32 Å². The summed E-state index contributed by atoms with van der Waals surface area (Å²) in [7, 11) is 0. The van der Waals surface area contributed by atoms with E-state index in [0.717, 1.165) is 43.3 Å². The van der Waals surface area contributed by atoms with E-state index in [1.54, 1.807) is 12.5 Å². The number of hydrogen-bond acceptors (Lipinski definition) is 5. The number of ether oxygens (including phenoxy) is 1. The number of morpholine rings is 1. The predicted octanol–water partition coefficient (Wildman–Crippen LogP) is 1.08. The Labute approximate surface area is 148 Å². The number of rotatable bonds is 6. The molecule has 0 saturated carbocycles. The first-order valence-corrected chi connectivity index (χ1v) is 8.62. The molecule has 7 heteroatoms. The molecular weight excluding hydrogens is 318 g/mol. The van der Waals surface area contributed by atoms with Crippen molar-refractivity contribution < 1.29 is 9.53 Å². The molecular formula is C18H25N5O2. The number of nitrogens with one attached hydrogen (secondary N) is 1. The third kappa shape index (κ3) is 4.43. The highest BCUT2D eigenvalue weighted by Gasteiger charge is 2.23. The summed E-state index contributed by atoms with van der Waals surface area (Å²) >= 11 is 0. The molecule has 2 aromatic rings. The zero-order valence-electron chi connectivity index (χ0n) is 14.8. The van der Waals surface area contributed by atoms with Gasteiger partial charge in [0, 0.05) is 37.7 Å². The quantitative estimate of drug-likeness (QED) is 0.850. The van der Waals surface area contributed by atoms with Gasteiger partial charge in [0.1, 0.15) is 6.54 Å². The Hall–Kier alpha value is -2.25. The summed E-state index contributed by atoms with van der Waals surface area (Å²) in [4.78, 5) is 23.2. The van der Waals surface area contributed by atoms with Crippen LogP contribution in [0.3, 0.4) is 0 Å². The first-order chi connectivity index (χ1) is 12.1. The van der Waals surface area contributed by atoms with E-state index in [0.29, 0.717) is 6.54 Å². The van der Waals surface area contributed by atoms with Crippen LogP contribution in [0.4, 0.5) is 0 Å². The molecule has 0 spiro atoms. The van der Waals surface area contributed by atoms with Gasteiger partial charge in [-0.3, -0.25) is 14.7 Å². The molecule has 1 N–H and O–H groups in total. The summed E-state index contributed by atoms with van der Waals surface area (Å²) in [6, 6.07) is 4.09. The molecule has 7 nitrogen and oxygen atoms in total. The number of aromatic nitrogens is 3. The van der Waals surface area contributed by atoms with E-state index in [1.165, 1.54) is 0 Å². The molecule has 1 amide bonds. The maximum Gasteiger partial charge on any atom is 0.240 e. The molecule has 1 atom stereocenters. The van der Waals surface area contributed by atoms with Crippen LogP contribution in [0.2, 0.25) is 0 Å². The van der Waals surface area contributed by atoms with Crippen molar-refractivity contribution in [2.45, 2.75) is 26.4 Å². The van der Waals surface area contributed by atoms with E-state index in [-0.39, 0.29) is 18.5 Å². The fraction of sp³-hybridized carbons (Fsp3) is 0.500. The van der Waals surface area contributed by atoms with Crippen LogP contribution in [-0.2, 0) is 16.1 Å². The second-order valence-corrected chi connectivity index (χ2v) is 6.30. The third-order valence-electron chi connectivity index (χ3n) is 4.71. The van der Waals surface area contributed by atoms with Crippen LogP contribution in [0.15, 0.2) is 30.9 Å². The van der Waals surface area contributed by atoms with Crippen molar-refractivity contribution in [1.82, 2.24) is 24.8 Å². The molecule has 2 aromatic heterocycles. The lowest BCUT2D eigenvalue weighted by Gasteiger charge is -2.34. The van der Waals surface area contributed by atoms with Gasteiger partial charge >= 0.3 is 0 Å². The van der Waals surface area contributed by atoms with E-state index >= 15 is 0 Å². The molecule has 25 heavy (non-hydrogen) atoms. The Kier molecular flexibility index (Phi) is 5.78. The molecule has 0 radical (unpaired) electrons. The molecule has 0 unspecified atom stereocenters. The molecule has 1 aliphatic rings. The van der Waals surface area contributed by atoms with Crippen molar-refractivity contribution in [3.05, 3.63) is 47.8 Å². The molecule has 134 valence electrons. The smallest absolute Gasteiger partial charge is 0.240 e. The van der Waals surface area contributed by atoms with E-state index in [2.05, 4.69) is 26.3 Å². The van der Waals surface area contributed by atoms with Gasteiger partial charge < -0.3 is 14.6 Å². The van der Waals surface area contributed by atoms with Gasteiger partial charge in [0.15, 0.2) is 0 Å². The highest BCUT2D eigenvalue weighted by atomic mass is 16.5. The molecule has 0 bridgehead atoms. The van der Waals surface area contributed by atoms with Crippen molar-refractivity contribution in [2.24, 2.45) is 0 Å². The van der Waals surface area contributed by atoms with Crippen molar-refractivity contribution in [2.75, 3.05) is 32.8 Å². The lowest BCUT2D eigenvalue weighted by molar-refractivity contribution is -0.122. The Balaban J connectivity index is 1.63. The average Bonchev–Trinajstić information content (AvgIpc) is 2.96. The van der Waals surface area contributed by atoms with E-state index in [9.17, 15) is 4.79 Å². The highest BCUT2D eigenvalue weighted by Crippen LogP contribution is 2.20. The average molecular weight is 343 g/mol. The monoisotopic (exact) mass is 343 g/mol. The van der Waals surface area contributed by atoms with Gasteiger partial charge in [0.25, 0.3) is 0 Å². The summed E-state index contributed by atoms with van der Waals surface area (Å²) < 4.78 is 7.32. The summed E-state index contributed by atoms with van der Waals surface area (Å²) in [5.74, 6) is -0.0114. The third-order valence-corrected chi connectivity index (χ3v) is 4.71. The number of hydrogen-bond donors (Lipinski definition) is 1. The number of carbonyl (C=O) groups is 1. The maximum absolute atomic E-state index is 12.4. The number of aryl methyl sites for hydroxylation is 1. The lowest BCUT2D eigenvalue weighted by Crippen LogP contribution is -2.44. The number of imidazole rings is 1. The number of amides is 1. The van der Waals surface area contributed by atoms with Crippen LogP contribution in [-0.4, -0.2) is 58.2 Å².